The maximum Gasteiger partial charge on any atom is 0.311 e. The molecular formula is C24H48O4S. The molecule has 0 fully saturated rings. The summed E-state index contributed by atoms with van der Waals surface area (Å²) in [6, 6.07) is 0. The van der Waals surface area contributed by atoms with Crippen LogP contribution in [0.25, 0.3) is 0 Å². The van der Waals surface area contributed by atoms with Gasteiger partial charge in [-0.3, -0.25) is 4.79 Å². The highest BCUT2D eigenvalue weighted by molar-refractivity contribution is 7.99. The molecule has 1 N–H and O–H groups in total. The second-order valence-electron chi connectivity index (χ2n) is 9.08. The van der Waals surface area contributed by atoms with E-state index >= 15 is 0 Å². The van der Waals surface area contributed by atoms with E-state index in [1.165, 1.54) is 82.1 Å². The summed E-state index contributed by atoms with van der Waals surface area (Å²) in [4.78, 5) is 11.6. The highest BCUT2D eigenvalue weighted by Gasteiger charge is 2.23. The molecule has 0 aromatic carbocycles. The van der Waals surface area contributed by atoms with E-state index in [0.717, 1.165) is 6.42 Å². The van der Waals surface area contributed by atoms with Crippen LogP contribution in [-0.2, 0) is 14.3 Å². The minimum Gasteiger partial charge on any atom is -0.462 e. The Labute approximate surface area is 184 Å². The van der Waals surface area contributed by atoms with Crippen LogP contribution in [-0.4, -0.2) is 48.5 Å². The molecule has 29 heavy (non-hydrogen) atoms. The van der Waals surface area contributed by atoms with E-state index in [2.05, 4.69) is 18.7 Å². The molecular weight excluding hydrogens is 384 g/mol. The van der Waals surface area contributed by atoms with Crippen molar-refractivity contribution in [3.8, 4) is 0 Å². The summed E-state index contributed by atoms with van der Waals surface area (Å²) in [6.45, 7) is 8.57. The smallest absolute Gasteiger partial charge is 0.311 e. The molecule has 0 aromatic heterocycles. The fourth-order valence-corrected chi connectivity index (χ4v) is 3.88. The molecule has 0 aliphatic heterocycles. The first kappa shape index (κ1) is 28.7. The molecule has 0 aromatic rings. The van der Waals surface area contributed by atoms with Gasteiger partial charge in [-0.2, -0.15) is 11.8 Å². The van der Waals surface area contributed by atoms with Crippen LogP contribution < -0.4 is 0 Å². The zero-order chi connectivity index (χ0) is 21.8. The van der Waals surface area contributed by atoms with E-state index in [9.17, 15) is 9.90 Å². The van der Waals surface area contributed by atoms with Crippen molar-refractivity contribution < 1.29 is 19.4 Å². The predicted octanol–water partition coefficient (Wildman–Crippen LogP) is 6.39. The van der Waals surface area contributed by atoms with Crippen LogP contribution in [0.5, 0.6) is 0 Å². The van der Waals surface area contributed by atoms with E-state index in [1.807, 2.05) is 0 Å². The fraction of sp³-hybridized carbons (Fsp3) is 0.958. The molecule has 0 heterocycles. The van der Waals surface area contributed by atoms with Crippen molar-refractivity contribution in [1.29, 1.82) is 0 Å². The van der Waals surface area contributed by atoms with Gasteiger partial charge in [0.15, 0.2) is 0 Å². The monoisotopic (exact) mass is 432 g/mol. The lowest BCUT2D eigenvalue weighted by Crippen LogP contribution is -2.29. The van der Waals surface area contributed by atoms with Crippen molar-refractivity contribution in [2.24, 2.45) is 5.41 Å². The highest BCUT2D eigenvalue weighted by atomic mass is 32.2. The molecule has 0 bridgehead atoms. The van der Waals surface area contributed by atoms with Crippen LogP contribution in [0.15, 0.2) is 0 Å². The number of ether oxygens (including phenoxy) is 2. The zero-order valence-corrected chi connectivity index (χ0v) is 20.5. The Morgan fingerprint density at radius 2 is 1.34 bits per heavy atom. The number of carbonyl (C=O) groups excluding carboxylic acids is 1. The van der Waals surface area contributed by atoms with E-state index in [-0.39, 0.29) is 19.2 Å². The standard InChI is InChI=1S/C24H48O4S/c1-5-6-7-8-12-15-18-29-19-16-13-10-9-11-14-17-27-20-22(25)21-28-23(26)24(2,3)4/h22,25H,5-21H2,1-4H3/t22-/m0/s1. The average molecular weight is 433 g/mol. The SMILES string of the molecule is CCCCCCCCSCCCCCCCCOC[C@H](O)COC(=O)C(C)(C)C. The van der Waals surface area contributed by atoms with Gasteiger partial charge < -0.3 is 14.6 Å². The van der Waals surface area contributed by atoms with Crippen molar-refractivity contribution in [1.82, 2.24) is 0 Å². The average Bonchev–Trinajstić information content (AvgIpc) is 2.67. The number of aliphatic hydroxyl groups excluding tert-OH is 1. The van der Waals surface area contributed by atoms with E-state index in [4.69, 9.17) is 9.47 Å². The molecule has 0 saturated carbocycles. The summed E-state index contributed by atoms with van der Waals surface area (Å²) >= 11 is 2.13. The van der Waals surface area contributed by atoms with Crippen LogP contribution in [0.1, 0.15) is 105 Å². The predicted molar refractivity (Wildman–Crippen MR) is 126 cm³/mol. The van der Waals surface area contributed by atoms with E-state index in [0.29, 0.717) is 6.61 Å². The Morgan fingerprint density at radius 1 is 0.828 bits per heavy atom. The third kappa shape index (κ3) is 20.8. The lowest BCUT2D eigenvalue weighted by Gasteiger charge is -2.18. The van der Waals surface area contributed by atoms with Gasteiger partial charge in [-0.25, -0.2) is 0 Å². The van der Waals surface area contributed by atoms with Crippen molar-refractivity contribution in [3.05, 3.63) is 0 Å². The summed E-state index contributed by atoms with van der Waals surface area (Å²) < 4.78 is 10.6. The molecule has 5 heteroatoms. The summed E-state index contributed by atoms with van der Waals surface area (Å²) in [5, 5.41) is 9.79. The third-order valence-electron chi connectivity index (χ3n) is 4.80. The lowest BCUT2D eigenvalue weighted by atomic mass is 9.97. The molecule has 0 unspecified atom stereocenters. The van der Waals surface area contributed by atoms with E-state index < -0.39 is 11.5 Å². The molecule has 174 valence electrons. The third-order valence-corrected chi connectivity index (χ3v) is 5.95. The number of carbonyl (C=O) groups is 1. The number of hydrogen-bond acceptors (Lipinski definition) is 5. The first-order valence-corrected chi connectivity index (χ1v) is 13.0. The van der Waals surface area contributed by atoms with Crippen LogP contribution in [0.3, 0.4) is 0 Å². The maximum atomic E-state index is 11.6. The molecule has 4 nitrogen and oxygen atoms in total. The number of rotatable bonds is 20. The Kier molecular flexibility index (Phi) is 19.5. The Hall–Kier alpha value is -0.260. The molecule has 0 saturated heterocycles. The molecule has 0 amide bonds. The van der Waals surface area contributed by atoms with Gasteiger partial charge in [0.2, 0.25) is 0 Å². The van der Waals surface area contributed by atoms with Crippen molar-refractivity contribution in [2.75, 3.05) is 31.3 Å². The van der Waals surface area contributed by atoms with Gasteiger partial charge in [0.05, 0.1) is 12.0 Å². The summed E-state index contributed by atoms with van der Waals surface area (Å²) in [7, 11) is 0. The van der Waals surface area contributed by atoms with Crippen molar-refractivity contribution in [2.45, 2.75) is 111 Å². The maximum absolute atomic E-state index is 11.6. The van der Waals surface area contributed by atoms with Gasteiger partial charge in [0.1, 0.15) is 12.7 Å². The fourth-order valence-electron chi connectivity index (χ4n) is 2.86. The second kappa shape index (κ2) is 19.7. The molecule has 0 radical (unpaired) electrons. The number of aliphatic hydroxyl groups is 1. The number of esters is 1. The lowest BCUT2D eigenvalue weighted by molar-refractivity contribution is -0.157. The normalized spacial score (nSPS) is 12.9. The quantitative estimate of drug-likeness (QED) is 0.178. The van der Waals surface area contributed by atoms with Gasteiger partial charge in [-0.15, -0.1) is 0 Å². The number of thioether (sulfide) groups is 1. The van der Waals surface area contributed by atoms with Crippen LogP contribution >= 0.6 is 11.8 Å². The summed E-state index contributed by atoms with van der Waals surface area (Å²) in [5.74, 6) is 2.36. The Bertz CT molecular complexity index is 368. The molecule has 0 aliphatic carbocycles. The largest absolute Gasteiger partial charge is 0.462 e. The summed E-state index contributed by atoms with van der Waals surface area (Å²) in [5.41, 5.74) is -0.535. The van der Waals surface area contributed by atoms with Gasteiger partial charge in [-0.1, -0.05) is 64.7 Å². The molecule has 1 atom stereocenters. The van der Waals surface area contributed by atoms with Crippen LogP contribution in [0, 0.1) is 5.41 Å². The minimum absolute atomic E-state index is 0.00692. The second-order valence-corrected chi connectivity index (χ2v) is 10.3. The van der Waals surface area contributed by atoms with E-state index in [1.54, 1.807) is 20.8 Å². The van der Waals surface area contributed by atoms with Gasteiger partial charge in [0.25, 0.3) is 0 Å². The Balaban J connectivity index is 3.23. The molecule has 0 aliphatic rings. The molecule has 0 spiro atoms. The van der Waals surface area contributed by atoms with Crippen molar-refractivity contribution in [3.63, 3.8) is 0 Å². The topological polar surface area (TPSA) is 55.8 Å². The van der Waals surface area contributed by atoms with Gasteiger partial charge >= 0.3 is 5.97 Å². The van der Waals surface area contributed by atoms with Gasteiger partial charge in [0, 0.05) is 6.61 Å². The van der Waals surface area contributed by atoms with Gasteiger partial charge in [-0.05, 0) is 51.5 Å². The highest BCUT2D eigenvalue weighted by Crippen LogP contribution is 2.15. The van der Waals surface area contributed by atoms with Crippen LogP contribution in [0.4, 0.5) is 0 Å². The Morgan fingerprint density at radius 3 is 1.90 bits per heavy atom. The number of hydrogen-bond donors (Lipinski definition) is 1. The number of unbranched alkanes of at least 4 members (excludes halogenated alkanes) is 10. The van der Waals surface area contributed by atoms with Crippen molar-refractivity contribution >= 4 is 17.7 Å². The first-order valence-electron chi connectivity index (χ1n) is 11.9. The molecule has 0 rings (SSSR count). The first-order chi connectivity index (χ1) is 13.9. The minimum atomic E-state index is -0.741. The zero-order valence-electron chi connectivity index (χ0n) is 19.7. The summed E-state index contributed by atoms with van der Waals surface area (Å²) in [6.07, 6.45) is 15.1. The van der Waals surface area contributed by atoms with Crippen LogP contribution in [0.2, 0.25) is 0 Å².